The standard InChI is InChI=1S/C30H26Cl2N2O3/c31-25-16-8-7-15-24(25)19-33-30(36)29(23-13-5-2-6-14-23)34(20-22-11-3-1-4-12-22)28(35)21-37-27-18-10-9-17-26(27)32/h1-18,29H,19-21H2,(H,33,36). The average Bonchev–Trinajstić information content (AvgIpc) is 2.93. The van der Waals surface area contributed by atoms with Crippen molar-refractivity contribution in [3.8, 4) is 5.75 Å². The molecule has 5 nitrogen and oxygen atoms in total. The fourth-order valence-corrected chi connectivity index (χ4v) is 4.31. The molecule has 188 valence electrons. The molecule has 2 amide bonds. The maximum atomic E-state index is 13.7. The largest absolute Gasteiger partial charge is 0.482 e. The van der Waals surface area contributed by atoms with Gasteiger partial charge in [0.1, 0.15) is 11.8 Å². The van der Waals surface area contributed by atoms with E-state index in [-0.39, 0.29) is 31.5 Å². The van der Waals surface area contributed by atoms with Crippen LogP contribution in [0.25, 0.3) is 0 Å². The van der Waals surface area contributed by atoms with E-state index in [4.69, 9.17) is 27.9 Å². The molecular formula is C30H26Cl2N2O3. The maximum Gasteiger partial charge on any atom is 0.261 e. The van der Waals surface area contributed by atoms with Gasteiger partial charge in [0.15, 0.2) is 6.61 Å². The van der Waals surface area contributed by atoms with Crippen LogP contribution in [0.4, 0.5) is 0 Å². The van der Waals surface area contributed by atoms with E-state index < -0.39 is 6.04 Å². The van der Waals surface area contributed by atoms with Gasteiger partial charge < -0.3 is 15.0 Å². The molecule has 0 aliphatic rings. The van der Waals surface area contributed by atoms with Crippen molar-refractivity contribution in [2.75, 3.05) is 6.61 Å². The van der Waals surface area contributed by atoms with Crippen LogP contribution < -0.4 is 10.1 Å². The number of carbonyl (C=O) groups excluding carboxylic acids is 2. The Morgan fingerprint density at radius 2 is 1.35 bits per heavy atom. The van der Waals surface area contributed by atoms with Crippen LogP contribution >= 0.6 is 23.2 Å². The molecule has 0 radical (unpaired) electrons. The third-order valence-corrected chi connectivity index (χ3v) is 6.47. The molecule has 0 aromatic heterocycles. The number of rotatable bonds is 10. The van der Waals surface area contributed by atoms with E-state index in [1.165, 1.54) is 4.90 Å². The minimum atomic E-state index is -0.897. The lowest BCUT2D eigenvalue weighted by Gasteiger charge is -2.31. The lowest BCUT2D eigenvalue weighted by atomic mass is 10.0. The van der Waals surface area contributed by atoms with Crippen LogP contribution in [0.2, 0.25) is 10.0 Å². The Labute approximate surface area is 226 Å². The van der Waals surface area contributed by atoms with Gasteiger partial charge in [0.2, 0.25) is 5.91 Å². The second kappa shape index (κ2) is 12.9. The van der Waals surface area contributed by atoms with Crippen molar-refractivity contribution in [1.29, 1.82) is 0 Å². The molecule has 1 N–H and O–H groups in total. The number of para-hydroxylation sites is 1. The number of ether oxygens (including phenoxy) is 1. The molecule has 1 unspecified atom stereocenters. The third-order valence-electron chi connectivity index (χ3n) is 5.79. The lowest BCUT2D eigenvalue weighted by molar-refractivity contribution is -0.143. The molecule has 0 aliphatic carbocycles. The van der Waals surface area contributed by atoms with E-state index in [2.05, 4.69) is 5.32 Å². The summed E-state index contributed by atoms with van der Waals surface area (Å²) in [6, 6.07) is 32.1. The van der Waals surface area contributed by atoms with Gasteiger partial charge in [-0.25, -0.2) is 0 Å². The first-order valence-corrected chi connectivity index (χ1v) is 12.6. The highest BCUT2D eigenvalue weighted by atomic mass is 35.5. The molecule has 0 spiro atoms. The molecule has 0 aliphatic heterocycles. The minimum absolute atomic E-state index is 0.213. The van der Waals surface area contributed by atoms with Crippen molar-refractivity contribution in [1.82, 2.24) is 10.2 Å². The van der Waals surface area contributed by atoms with Crippen molar-refractivity contribution in [2.24, 2.45) is 0 Å². The van der Waals surface area contributed by atoms with E-state index in [1.807, 2.05) is 78.9 Å². The van der Waals surface area contributed by atoms with Crippen molar-refractivity contribution >= 4 is 35.0 Å². The van der Waals surface area contributed by atoms with Crippen molar-refractivity contribution in [2.45, 2.75) is 19.1 Å². The smallest absolute Gasteiger partial charge is 0.261 e. The van der Waals surface area contributed by atoms with E-state index in [0.717, 1.165) is 11.1 Å². The molecule has 4 aromatic carbocycles. The summed E-state index contributed by atoms with van der Waals surface area (Å²) in [6.45, 7) is 0.160. The lowest BCUT2D eigenvalue weighted by Crippen LogP contribution is -2.45. The Bertz CT molecular complexity index is 1330. The van der Waals surface area contributed by atoms with E-state index in [1.54, 1.807) is 30.3 Å². The first-order chi connectivity index (χ1) is 18.0. The Morgan fingerprint density at radius 3 is 2.03 bits per heavy atom. The van der Waals surface area contributed by atoms with E-state index >= 15 is 0 Å². The molecule has 0 heterocycles. The molecule has 0 fully saturated rings. The van der Waals surface area contributed by atoms with Gasteiger partial charge in [0.05, 0.1) is 5.02 Å². The molecule has 37 heavy (non-hydrogen) atoms. The van der Waals surface area contributed by atoms with Gasteiger partial charge in [-0.3, -0.25) is 9.59 Å². The zero-order valence-corrected chi connectivity index (χ0v) is 21.5. The molecule has 7 heteroatoms. The van der Waals surface area contributed by atoms with Gasteiger partial charge in [-0.05, 0) is 34.9 Å². The van der Waals surface area contributed by atoms with Gasteiger partial charge in [-0.15, -0.1) is 0 Å². The maximum absolute atomic E-state index is 13.7. The summed E-state index contributed by atoms with van der Waals surface area (Å²) in [7, 11) is 0. The summed E-state index contributed by atoms with van der Waals surface area (Å²) in [4.78, 5) is 28.9. The second-order valence-electron chi connectivity index (χ2n) is 8.35. The van der Waals surface area contributed by atoms with Gasteiger partial charge >= 0.3 is 0 Å². The number of nitrogens with zero attached hydrogens (tertiary/aromatic N) is 1. The third kappa shape index (κ3) is 7.13. The zero-order valence-electron chi connectivity index (χ0n) is 20.0. The minimum Gasteiger partial charge on any atom is -0.482 e. The molecule has 1 atom stereocenters. The molecule has 0 saturated heterocycles. The van der Waals surface area contributed by atoms with E-state index in [9.17, 15) is 9.59 Å². The second-order valence-corrected chi connectivity index (χ2v) is 9.16. The molecule has 4 aromatic rings. The quantitative estimate of drug-likeness (QED) is 0.255. The van der Waals surface area contributed by atoms with Crippen molar-refractivity contribution in [3.63, 3.8) is 0 Å². The van der Waals surface area contributed by atoms with Crippen LogP contribution in [0.15, 0.2) is 109 Å². The number of halogens is 2. The number of nitrogens with one attached hydrogen (secondary N) is 1. The van der Waals surface area contributed by atoms with Crippen LogP contribution in [-0.4, -0.2) is 23.3 Å². The number of benzene rings is 4. The molecule has 4 rings (SSSR count). The Hall–Kier alpha value is -3.80. The van der Waals surface area contributed by atoms with Gasteiger partial charge in [0.25, 0.3) is 5.91 Å². The number of hydrogen-bond acceptors (Lipinski definition) is 3. The van der Waals surface area contributed by atoms with Crippen LogP contribution in [0.3, 0.4) is 0 Å². The molecule has 0 saturated carbocycles. The van der Waals surface area contributed by atoms with Gasteiger partial charge in [-0.1, -0.05) is 114 Å². The van der Waals surface area contributed by atoms with E-state index in [0.29, 0.717) is 21.4 Å². The normalized spacial score (nSPS) is 11.4. The highest BCUT2D eigenvalue weighted by molar-refractivity contribution is 6.32. The van der Waals surface area contributed by atoms with Crippen LogP contribution in [0.5, 0.6) is 5.75 Å². The van der Waals surface area contributed by atoms with Crippen LogP contribution in [0, 0.1) is 0 Å². The summed E-state index contributed by atoms with van der Waals surface area (Å²) in [5, 5.41) is 3.93. The van der Waals surface area contributed by atoms with Gasteiger partial charge in [-0.2, -0.15) is 0 Å². The highest BCUT2D eigenvalue weighted by Gasteiger charge is 2.32. The Morgan fingerprint density at radius 1 is 0.757 bits per heavy atom. The van der Waals surface area contributed by atoms with Crippen LogP contribution in [0.1, 0.15) is 22.7 Å². The first kappa shape index (κ1) is 26.3. The summed E-state index contributed by atoms with van der Waals surface area (Å²) in [6.07, 6.45) is 0. The SMILES string of the molecule is O=C(NCc1ccccc1Cl)C(c1ccccc1)N(Cc1ccccc1)C(=O)COc1ccccc1Cl. The summed E-state index contributed by atoms with van der Waals surface area (Å²) in [5.41, 5.74) is 2.35. The van der Waals surface area contributed by atoms with Gasteiger partial charge in [0, 0.05) is 18.1 Å². The number of carbonyl (C=O) groups is 2. The number of amides is 2. The van der Waals surface area contributed by atoms with Crippen LogP contribution in [-0.2, 0) is 22.7 Å². The topological polar surface area (TPSA) is 58.6 Å². The fraction of sp³-hybridized carbons (Fsp3) is 0.133. The zero-order chi connectivity index (χ0) is 26.0. The monoisotopic (exact) mass is 532 g/mol. The average molecular weight is 533 g/mol. The molecule has 0 bridgehead atoms. The summed E-state index contributed by atoms with van der Waals surface area (Å²) >= 11 is 12.5. The summed E-state index contributed by atoms with van der Waals surface area (Å²) in [5.74, 6) is -0.282. The predicted molar refractivity (Wildman–Crippen MR) is 146 cm³/mol. The highest BCUT2D eigenvalue weighted by Crippen LogP contribution is 2.26. The Kier molecular flexibility index (Phi) is 9.19. The predicted octanol–water partition coefficient (Wildman–Crippen LogP) is 6.46. The summed E-state index contributed by atoms with van der Waals surface area (Å²) < 4.78 is 5.76. The van der Waals surface area contributed by atoms with Crippen molar-refractivity contribution in [3.05, 3.63) is 136 Å². The number of hydrogen-bond donors (Lipinski definition) is 1. The molecular weight excluding hydrogens is 507 g/mol. The first-order valence-electron chi connectivity index (χ1n) is 11.8. The van der Waals surface area contributed by atoms with Crippen molar-refractivity contribution < 1.29 is 14.3 Å². The Balaban J connectivity index is 1.63. The fourth-order valence-electron chi connectivity index (χ4n) is 3.92.